The Hall–Kier alpha value is -2.95. The average Bonchev–Trinajstić information content (AvgIpc) is 2.95. The Labute approximate surface area is 139 Å². The van der Waals surface area contributed by atoms with Crippen molar-refractivity contribution < 1.29 is 13.9 Å². The van der Waals surface area contributed by atoms with Gasteiger partial charge >= 0.3 is 0 Å². The van der Waals surface area contributed by atoms with E-state index in [9.17, 15) is 9.18 Å². The molecule has 3 rings (SSSR count). The molecule has 0 aliphatic carbocycles. The van der Waals surface area contributed by atoms with Crippen LogP contribution in [-0.4, -0.2) is 18.9 Å². The summed E-state index contributed by atoms with van der Waals surface area (Å²) >= 11 is 0. The fraction of sp³-hybridized carbons (Fsp3) is 0.158. The highest BCUT2D eigenvalue weighted by molar-refractivity contribution is 6.14. The number of amidine groups is 1. The zero-order chi connectivity index (χ0) is 16.9. The van der Waals surface area contributed by atoms with E-state index in [1.54, 1.807) is 25.3 Å². The largest absolute Gasteiger partial charge is 0.497 e. The predicted molar refractivity (Wildman–Crippen MR) is 91.3 cm³/mol. The van der Waals surface area contributed by atoms with Gasteiger partial charge in [0.1, 0.15) is 23.1 Å². The lowest BCUT2D eigenvalue weighted by atomic mass is 10.1. The number of nitrogens with one attached hydrogen (secondary N) is 1. The summed E-state index contributed by atoms with van der Waals surface area (Å²) < 4.78 is 18.1. The highest BCUT2D eigenvalue weighted by Gasteiger charge is 2.19. The minimum Gasteiger partial charge on any atom is -0.497 e. The molecule has 122 valence electrons. The van der Waals surface area contributed by atoms with Gasteiger partial charge in [0.15, 0.2) is 0 Å². The Morgan fingerprint density at radius 1 is 1.17 bits per heavy atom. The SMILES string of the molecule is COc1cccc(CCC2=N/C(=C/c3ccc(F)cc3)C(=O)N2)c1. The van der Waals surface area contributed by atoms with Crippen molar-refractivity contribution in [3.05, 3.63) is 71.2 Å². The molecule has 0 radical (unpaired) electrons. The average molecular weight is 324 g/mol. The molecular formula is C19H17FN2O2. The van der Waals surface area contributed by atoms with Crippen LogP contribution in [0.3, 0.4) is 0 Å². The number of aryl methyl sites for hydroxylation is 1. The minimum absolute atomic E-state index is 0.236. The lowest BCUT2D eigenvalue weighted by Crippen LogP contribution is -2.24. The molecule has 0 saturated carbocycles. The summed E-state index contributed by atoms with van der Waals surface area (Å²) in [6.45, 7) is 0. The highest BCUT2D eigenvalue weighted by Crippen LogP contribution is 2.17. The van der Waals surface area contributed by atoms with Crippen LogP contribution in [-0.2, 0) is 11.2 Å². The number of amides is 1. The van der Waals surface area contributed by atoms with Crippen LogP contribution in [0.15, 0.2) is 59.2 Å². The zero-order valence-corrected chi connectivity index (χ0v) is 13.3. The summed E-state index contributed by atoms with van der Waals surface area (Å²) in [7, 11) is 1.63. The Morgan fingerprint density at radius 2 is 1.96 bits per heavy atom. The molecule has 0 spiro atoms. The van der Waals surface area contributed by atoms with Crippen LogP contribution in [0.1, 0.15) is 17.5 Å². The normalized spacial score (nSPS) is 15.3. The van der Waals surface area contributed by atoms with Crippen LogP contribution in [0.4, 0.5) is 4.39 Å². The maximum atomic E-state index is 12.9. The molecule has 24 heavy (non-hydrogen) atoms. The van der Waals surface area contributed by atoms with Crippen LogP contribution in [0.5, 0.6) is 5.75 Å². The van der Waals surface area contributed by atoms with Gasteiger partial charge in [-0.15, -0.1) is 0 Å². The lowest BCUT2D eigenvalue weighted by Gasteiger charge is -2.04. The number of rotatable bonds is 5. The second-order valence-electron chi connectivity index (χ2n) is 5.45. The molecule has 2 aromatic rings. The maximum absolute atomic E-state index is 12.9. The number of ether oxygens (including phenoxy) is 1. The van der Waals surface area contributed by atoms with Gasteiger partial charge in [-0.1, -0.05) is 24.3 Å². The third-order valence-corrected chi connectivity index (χ3v) is 3.70. The van der Waals surface area contributed by atoms with Gasteiger partial charge in [-0.2, -0.15) is 0 Å². The summed E-state index contributed by atoms with van der Waals surface area (Å²) in [5.41, 5.74) is 2.18. The number of methoxy groups -OCH3 is 1. The molecule has 4 nitrogen and oxygen atoms in total. The summed E-state index contributed by atoms with van der Waals surface area (Å²) in [5, 5.41) is 2.77. The molecule has 0 saturated heterocycles. The molecule has 0 unspecified atom stereocenters. The van der Waals surface area contributed by atoms with Crippen LogP contribution < -0.4 is 10.1 Å². The van der Waals surface area contributed by atoms with E-state index < -0.39 is 0 Å². The molecular weight excluding hydrogens is 307 g/mol. The Bertz CT molecular complexity index is 810. The van der Waals surface area contributed by atoms with E-state index in [0.29, 0.717) is 18.0 Å². The Kier molecular flexibility index (Phi) is 4.70. The minimum atomic E-state index is -0.310. The zero-order valence-electron chi connectivity index (χ0n) is 13.3. The van der Waals surface area contributed by atoms with Gasteiger partial charge in [0.2, 0.25) is 0 Å². The number of halogens is 1. The van der Waals surface area contributed by atoms with E-state index in [4.69, 9.17) is 4.74 Å². The number of hydrogen-bond acceptors (Lipinski definition) is 3. The first kappa shape index (κ1) is 15.9. The number of carbonyl (C=O) groups is 1. The Balaban J connectivity index is 1.68. The van der Waals surface area contributed by atoms with Crippen LogP contribution in [0.25, 0.3) is 6.08 Å². The van der Waals surface area contributed by atoms with Gasteiger partial charge in [-0.05, 0) is 47.9 Å². The fourth-order valence-corrected chi connectivity index (χ4v) is 2.44. The van der Waals surface area contributed by atoms with Gasteiger partial charge in [-0.3, -0.25) is 4.79 Å². The summed E-state index contributed by atoms with van der Waals surface area (Å²) in [6, 6.07) is 13.7. The molecule has 2 aromatic carbocycles. The van der Waals surface area contributed by atoms with Gasteiger partial charge in [0.25, 0.3) is 5.91 Å². The van der Waals surface area contributed by atoms with Crippen LogP contribution in [0.2, 0.25) is 0 Å². The van der Waals surface area contributed by atoms with Crippen LogP contribution >= 0.6 is 0 Å². The first-order valence-electron chi connectivity index (χ1n) is 7.63. The lowest BCUT2D eigenvalue weighted by molar-refractivity contribution is -0.115. The third kappa shape index (κ3) is 3.87. The molecule has 1 N–H and O–H groups in total. The number of aliphatic imine (C=N–C) groups is 1. The first-order valence-corrected chi connectivity index (χ1v) is 7.63. The van der Waals surface area contributed by atoms with Crippen molar-refractivity contribution in [1.82, 2.24) is 5.32 Å². The topological polar surface area (TPSA) is 50.7 Å². The fourth-order valence-electron chi connectivity index (χ4n) is 2.44. The highest BCUT2D eigenvalue weighted by atomic mass is 19.1. The van der Waals surface area contributed by atoms with Crippen molar-refractivity contribution in [1.29, 1.82) is 0 Å². The number of carbonyl (C=O) groups excluding carboxylic acids is 1. The molecule has 1 aliphatic rings. The summed E-state index contributed by atoms with van der Waals surface area (Å²) in [5.74, 6) is 0.897. The molecule has 0 bridgehead atoms. The van der Waals surface area contributed by atoms with Gasteiger partial charge < -0.3 is 10.1 Å². The number of benzene rings is 2. The van der Waals surface area contributed by atoms with Gasteiger partial charge in [0.05, 0.1) is 7.11 Å². The van der Waals surface area contributed by atoms with Gasteiger partial charge in [0, 0.05) is 6.42 Å². The summed E-state index contributed by atoms with van der Waals surface area (Å²) in [6.07, 6.45) is 3.02. The molecule has 0 atom stereocenters. The van der Waals surface area contributed by atoms with E-state index in [2.05, 4.69) is 10.3 Å². The molecule has 1 aliphatic heterocycles. The van der Waals surface area contributed by atoms with E-state index in [0.717, 1.165) is 23.3 Å². The van der Waals surface area contributed by atoms with E-state index in [-0.39, 0.29) is 11.7 Å². The third-order valence-electron chi connectivity index (χ3n) is 3.70. The number of nitrogens with zero attached hydrogens (tertiary/aromatic N) is 1. The second kappa shape index (κ2) is 7.08. The van der Waals surface area contributed by atoms with E-state index in [1.165, 1.54) is 12.1 Å². The molecule has 0 aromatic heterocycles. The summed E-state index contributed by atoms with van der Waals surface area (Å²) in [4.78, 5) is 16.3. The van der Waals surface area contributed by atoms with Crippen molar-refractivity contribution in [3.8, 4) is 5.75 Å². The van der Waals surface area contributed by atoms with Crippen molar-refractivity contribution >= 4 is 17.8 Å². The maximum Gasteiger partial charge on any atom is 0.275 e. The monoisotopic (exact) mass is 324 g/mol. The van der Waals surface area contributed by atoms with E-state index in [1.807, 2.05) is 24.3 Å². The van der Waals surface area contributed by atoms with Crippen molar-refractivity contribution in [2.75, 3.05) is 7.11 Å². The standard InChI is InChI=1S/C19H17FN2O2/c1-24-16-4-2-3-13(11-16)7-10-18-21-17(19(23)22-18)12-14-5-8-15(20)9-6-14/h2-6,8-9,11-12H,7,10H2,1H3,(H,21,22,23)/b17-12+. The number of hydrogen-bond donors (Lipinski definition) is 1. The van der Waals surface area contributed by atoms with Crippen molar-refractivity contribution in [2.24, 2.45) is 4.99 Å². The molecule has 5 heteroatoms. The molecule has 1 heterocycles. The quantitative estimate of drug-likeness (QED) is 0.858. The van der Waals surface area contributed by atoms with Crippen molar-refractivity contribution in [2.45, 2.75) is 12.8 Å². The molecule has 1 amide bonds. The van der Waals surface area contributed by atoms with Crippen molar-refractivity contribution in [3.63, 3.8) is 0 Å². The first-order chi connectivity index (χ1) is 11.6. The molecule has 0 fully saturated rings. The van der Waals surface area contributed by atoms with Gasteiger partial charge in [-0.25, -0.2) is 9.38 Å². The smallest absolute Gasteiger partial charge is 0.275 e. The van der Waals surface area contributed by atoms with Crippen LogP contribution in [0, 0.1) is 5.82 Å². The Morgan fingerprint density at radius 3 is 2.71 bits per heavy atom. The predicted octanol–water partition coefficient (Wildman–Crippen LogP) is 3.34. The van der Waals surface area contributed by atoms with E-state index >= 15 is 0 Å². The second-order valence-corrected chi connectivity index (χ2v) is 5.45.